The lowest BCUT2D eigenvalue weighted by molar-refractivity contribution is -0.118. The molecule has 0 saturated heterocycles. The first-order valence-electron chi connectivity index (χ1n) is 14.1. The fourth-order valence-electron chi connectivity index (χ4n) is 5.29. The minimum atomic E-state index is -1.21. The molecule has 2 aromatic carbocycles. The summed E-state index contributed by atoms with van der Waals surface area (Å²) in [5.41, 5.74) is 1.38. The number of rotatable bonds is 12. The highest BCUT2D eigenvalue weighted by atomic mass is 127. The van der Waals surface area contributed by atoms with Crippen LogP contribution in [0.5, 0.6) is 17.2 Å². The smallest absolute Gasteiger partial charge is 0.289 e. The average molecular weight is 707 g/mol. The molecule has 0 radical (unpaired) electrons. The number of ether oxygens (including phenoxy) is 3. The van der Waals surface area contributed by atoms with Crippen molar-refractivity contribution in [2.24, 2.45) is 5.92 Å². The zero-order valence-corrected chi connectivity index (χ0v) is 26.1. The van der Waals surface area contributed by atoms with Crippen molar-refractivity contribution in [3.63, 3.8) is 0 Å². The fourth-order valence-corrected chi connectivity index (χ4v) is 6.08. The summed E-state index contributed by atoms with van der Waals surface area (Å²) < 4.78 is 23.9. The Bertz CT molecular complexity index is 1520. The second-order valence-corrected chi connectivity index (χ2v) is 11.8. The lowest BCUT2D eigenvalue weighted by Gasteiger charge is -2.40. The molecule has 230 valence electrons. The largest absolute Gasteiger partial charge is 0.493 e. The molecule has 1 fully saturated rings. The summed E-state index contributed by atoms with van der Waals surface area (Å²) in [6, 6.07) is 9.60. The fraction of sp³-hybridized carbons (Fsp3) is 0.419. The monoisotopic (exact) mass is 706 g/mol. The zero-order chi connectivity index (χ0) is 30.7. The molecule has 2 aliphatic rings. The van der Waals surface area contributed by atoms with Crippen LogP contribution in [0.4, 0.5) is 0 Å². The van der Waals surface area contributed by atoms with E-state index in [1.54, 1.807) is 35.2 Å². The highest BCUT2D eigenvalue weighted by molar-refractivity contribution is 14.1. The number of aliphatic hydroxyl groups excluding tert-OH is 3. The van der Waals surface area contributed by atoms with Gasteiger partial charge in [0.25, 0.3) is 5.91 Å². The van der Waals surface area contributed by atoms with E-state index in [0.29, 0.717) is 49.5 Å². The van der Waals surface area contributed by atoms with Gasteiger partial charge in [-0.15, -0.1) is 0 Å². The lowest BCUT2D eigenvalue weighted by Crippen LogP contribution is -2.55. The van der Waals surface area contributed by atoms with E-state index in [9.17, 15) is 24.9 Å². The molecule has 0 bridgehead atoms. The molecule has 3 aromatic rings. The van der Waals surface area contributed by atoms with Crippen molar-refractivity contribution in [1.29, 1.82) is 0 Å². The van der Waals surface area contributed by atoms with Gasteiger partial charge in [0.15, 0.2) is 28.6 Å². The van der Waals surface area contributed by atoms with Gasteiger partial charge in [-0.2, -0.15) is 0 Å². The summed E-state index contributed by atoms with van der Waals surface area (Å²) in [5.74, 6) is 0.708. The molecular formula is C31H35IN2O9. The molecular weight excluding hydrogens is 671 g/mol. The van der Waals surface area contributed by atoms with Crippen molar-refractivity contribution in [2.45, 2.75) is 44.1 Å². The standard InChI is InChI=1S/C31H35IN2O9/c1-40-23-5-3-4-19-13-26(43-28(19)23)31(39)34(15-17-6-7-17)22-12-20(30(38)33-8-9-35)14-24(27(22)37)42-29-21(32)10-18(16-36)11-25(29)41-2/h3-5,10-11,13-14,17,22,24,27,35-37H,6-9,12,15-16H2,1-2H3,(H,33,38)/t22-,24+,27+/m1/s1. The summed E-state index contributed by atoms with van der Waals surface area (Å²) in [7, 11) is 3.00. The number of nitrogens with one attached hydrogen (secondary N) is 1. The van der Waals surface area contributed by atoms with Gasteiger partial charge in [-0.25, -0.2) is 0 Å². The molecule has 12 heteroatoms. The Morgan fingerprint density at radius 3 is 2.56 bits per heavy atom. The predicted molar refractivity (Wildman–Crippen MR) is 165 cm³/mol. The molecule has 1 heterocycles. The number of carbonyl (C=O) groups is 2. The Kier molecular flexibility index (Phi) is 9.79. The summed E-state index contributed by atoms with van der Waals surface area (Å²) in [5, 5.41) is 34.1. The topological polar surface area (TPSA) is 151 Å². The zero-order valence-electron chi connectivity index (χ0n) is 23.9. The third-order valence-electron chi connectivity index (χ3n) is 7.69. The van der Waals surface area contributed by atoms with Crippen molar-refractivity contribution in [2.75, 3.05) is 33.9 Å². The Balaban J connectivity index is 1.52. The number of methoxy groups -OCH3 is 2. The van der Waals surface area contributed by atoms with Crippen molar-refractivity contribution in [1.82, 2.24) is 10.2 Å². The van der Waals surface area contributed by atoms with Gasteiger partial charge in [-0.3, -0.25) is 9.59 Å². The van der Waals surface area contributed by atoms with Crippen LogP contribution in [-0.4, -0.2) is 84.2 Å². The maximum atomic E-state index is 14.1. The summed E-state index contributed by atoms with van der Waals surface area (Å²) in [6.45, 7) is -0.00495. The number of carbonyl (C=O) groups excluding carboxylic acids is 2. The summed E-state index contributed by atoms with van der Waals surface area (Å²) >= 11 is 2.06. The molecule has 5 rings (SSSR count). The van der Waals surface area contributed by atoms with E-state index in [0.717, 1.165) is 12.8 Å². The summed E-state index contributed by atoms with van der Waals surface area (Å²) in [6.07, 6.45) is 1.28. The number of nitrogens with zero attached hydrogens (tertiary/aromatic N) is 1. The van der Waals surface area contributed by atoms with Gasteiger partial charge >= 0.3 is 0 Å². The number of aliphatic hydroxyl groups is 3. The van der Waals surface area contributed by atoms with Gasteiger partial charge in [0.2, 0.25) is 5.91 Å². The first-order chi connectivity index (χ1) is 20.8. The van der Waals surface area contributed by atoms with E-state index in [1.807, 2.05) is 12.1 Å². The molecule has 11 nitrogen and oxygen atoms in total. The van der Waals surface area contributed by atoms with Crippen molar-refractivity contribution >= 4 is 45.4 Å². The van der Waals surface area contributed by atoms with Crippen molar-refractivity contribution in [3.05, 3.63) is 62.9 Å². The first-order valence-corrected chi connectivity index (χ1v) is 15.1. The number of para-hydroxylation sites is 1. The van der Waals surface area contributed by atoms with Gasteiger partial charge in [0, 0.05) is 30.5 Å². The second kappa shape index (κ2) is 13.5. The number of furan rings is 1. The van der Waals surface area contributed by atoms with Crippen LogP contribution in [0.2, 0.25) is 0 Å². The van der Waals surface area contributed by atoms with Crippen LogP contribution in [0.3, 0.4) is 0 Å². The molecule has 0 aliphatic heterocycles. The van der Waals surface area contributed by atoms with E-state index in [4.69, 9.17) is 18.6 Å². The van der Waals surface area contributed by atoms with Crippen molar-refractivity contribution in [3.8, 4) is 17.2 Å². The van der Waals surface area contributed by atoms with E-state index in [-0.39, 0.29) is 37.9 Å². The van der Waals surface area contributed by atoms with Crippen molar-refractivity contribution < 1.29 is 43.5 Å². The molecule has 2 amide bonds. The third kappa shape index (κ3) is 6.77. The number of hydrogen-bond donors (Lipinski definition) is 4. The van der Waals surface area contributed by atoms with E-state index >= 15 is 0 Å². The van der Waals surface area contributed by atoms with Gasteiger partial charge in [0.05, 0.1) is 37.0 Å². The molecule has 0 spiro atoms. The number of amides is 2. The average Bonchev–Trinajstić information content (AvgIpc) is 3.73. The quantitative estimate of drug-likeness (QED) is 0.209. The third-order valence-corrected chi connectivity index (χ3v) is 8.49. The molecule has 3 atom stereocenters. The number of halogens is 1. The van der Waals surface area contributed by atoms with E-state index in [1.165, 1.54) is 14.2 Å². The SMILES string of the molecule is COc1cc(CO)cc(I)c1O[C@H]1C=C(C(=O)NCCO)C[C@@H](N(CC2CC2)C(=O)c2cc3cccc(OC)c3o2)[C@@H]1O. The first kappa shape index (κ1) is 31.1. The number of fused-ring (bicyclic) bond motifs is 1. The van der Waals surface area contributed by atoms with Gasteiger partial charge < -0.3 is 44.2 Å². The highest BCUT2D eigenvalue weighted by Gasteiger charge is 2.43. The normalized spacial score (nSPS) is 20.0. The lowest BCUT2D eigenvalue weighted by atomic mass is 9.87. The Morgan fingerprint density at radius 2 is 1.88 bits per heavy atom. The van der Waals surface area contributed by atoms with E-state index in [2.05, 4.69) is 27.9 Å². The van der Waals surface area contributed by atoms with Gasteiger partial charge in [-0.05, 0) is 77.3 Å². The van der Waals surface area contributed by atoms with Crippen LogP contribution in [0.1, 0.15) is 35.4 Å². The number of benzene rings is 2. The van der Waals surface area contributed by atoms with Crippen LogP contribution in [0.15, 0.2) is 52.5 Å². The van der Waals surface area contributed by atoms with Gasteiger partial charge in [-0.1, -0.05) is 12.1 Å². The Labute approximate surface area is 262 Å². The Morgan fingerprint density at radius 1 is 1.12 bits per heavy atom. The molecule has 2 aliphatic carbocycles. The number of hydrogen-bond acceptors (Lipinski definition) is 9. The molecule has 43 heavy (non-hydrogen) atoms. The second-order valence-electron chi connectivity index (χ2n) is 10.7. The molecule has 1 saturated carbocycles. The molecule has 0 unspecified atom stereocenters. The van der Waals surface area contributed by atoms with Crippen LogP contribution in [0.25, 0.3) is 11.0 Å². The summed E-state index contributed by atoms with van der Waals surface area (Å²) in [4.78, 5) is 28.8. The maximum absolute atomic E-state index is 14.1. The van der Waals surface area contributed by atoms with Gasteiger partial charge in [0.1, 0.15) is 12.2 Å². The van der Waals surface area contributed by atoms with Crippen LogP contribution in [-0.2, 0) is 11.4 Å². The minimum absolute atomic E-state index is 0.0504. The molecule has 1 aromatic heterocycles. The molecule has 4 N–H and O–H groups in total. The predicted octanol–water partition coefficient (Wildman–Crippen LogP) is 3.01. The maximum Gasteiger partial charge on any atom is 0.289 e. The minimum Gasteiger partial charge on any atom is -0.493 e. The van der Waals surface area contributed by atoms with E-state index < -0.39 is 30.1 Å². The highest BCUT2D eigenvalue weighted by Crippen LogP contribution is 2.39. The van der Waals surface area contributed by atoms with Crippen LogP contribution >= 0.6 is 22.6 Å². The Hall–Kier alpha value is -3.33. The van der Waals surface area contributed by atoms with Crippen LogP contribution in [0, 0.1) is 9.49 Å². The van der Waals surface area contributed by atoms with Crippen LogP contribution < -0.4 is 19.5 Å².